The summed E-state index contributed by atoms with van der Waals surface area (Å²) in [5, 5.41) is 12.4. The fourth-order valence-electron chi connectivity index (χ4n) is 2.08. The van der Waals surface area contributed by atoms with Crippen molar-refractivity contribution < 1.29 is 5.11 Å². The van der Waals surface area contributed by atoms with E-state index in [-0.39, 0.29) is 0 Å². The highest BCUT2D eigenvalue weighted by molar-refractivity contribution is 8.00. The molecule has 14 heavy (non-hydrogen) atoms. The van der Waals surface area contributed by atoms with Crippen LogP contribution in [0.3, 0.4) is 0 Å². The number of thioether (sulfide) groups is 1. The smallest absolute Gasteiger partial charge is 0.0468 e. The number of hydrogen-bond donors (Lipinski definition) is 2. The number of hydrogen-bond acceptors (Lipinski definition) is 3. The molecule has 0 radical (unpaired) electrons. The lowest BCUT2D eigenvalue weighted by Gasteiger charge is -2.27. The van der Waals surface area contributed by atoms with Gasteiger partial charge in [0.2, 0.25) is 0 Å². The Balaban J connectivity index is 2.21. The molecule has 1 unspecified atom stereocenters. The van der Waals surface area contributed by atoms with Crippen LogP contribution in [0.4, 0.5) is 0 Å². The molecule has 1 atom stereocenters. The van der Waals surface area contributed by atoms with Crippen LogP contribution in [0.25, 0.3) is 0 Å². The second-order valence-electron chi connectivity index (χ2n) is 4.51. The molecule has 2 nitrogen and oxygen atoms in total. The van der Waals surface area contributed by atoms with E-state index in [1.807, 2.05) is 11.8 Å². The average Bonchev–Trinajstić information content (AvgIpc) is 2.67. The van der Waals surface area contributed by atoms with E-state index >= 15 is 0 Å². The van der Waals surface area contributed by atoms with Gasteiger partial charge in [0.15, 0.2) is 0 Å². The molecule has 1 fully saturated rings. The summed E-state index contributed by atoms with van der Waals surface area (Å²) in [6.07, 6.45) is 7.71. The highest BCUT2D eigenvalue weighted by Gasteiger charge is 2.32. The Labute approximate surface area is 91.9 Å². The van der Waals surface area contributed by atoms with Crippen LogP contribution < -0.4 is 5.32 Å². The summed E-state index contributed by atoms with van der Waals surface area (Å²) >= 11 is 2.01. The molecule has 0 aliphatic heterocycles. The molecule has 1 saturated carbocycles. The molecule has 0 aromatic carbocycles. The van der Waals surface area contributed by atoms with Gasteiger partial charge in [-0.05, 0) is 31.6 Å². The van der Waals surface area contributed by atoms with Crippen LogP contribution >= 0.6 is 11.8 Å². The summed E-state index contributed by atoms with van der Waals surface area (Å²) < 4.78 is 0.495. The molecule has 0 saturated heterocycles. The summed E-state index contributed by atoms with van der Waals surface area (Å²) in [4.78, 5) is 0. The molecule has 1 aliphatic rings. The molecular weight excluding hydrogens is 194 g/mol. The van der Waals surface area contributed by atoms with Crippen molar-refractivity contribution in [1.82, 2.24) is 5.32 Å². The van der Waals surface area contributed by atoms with E-state index in [1.54, 1.807) is 0 Å². The van der Waals surface area contributed by atoms with Gasteiger partial charge in [-0.25, -0.2) is 0 Å². The van der Waals surface area contributed by atoms with Crippen LogP contribution in [0.5, 0.6) is 0 Å². The van der Waals surface area contributed by atoms with Gasteiger partial charge < -0.3 is 10.4 Å². The summed E-state index contributed by atoms with van der Waals surface area (Å²) in [6.45, 7) is 4.42. The van der Waals surface area contributed by atoms with Gasteiger partial charge >= 0.3 is 0 Å². The minimum atomic E-state index is 0.291. The van der Waals surface area contributed by atoms with Gasteiger partial charge in [-0.3, -0.25) is 0 Å². The Hall–Kier alpha value is 0.270. The van der Waals surface area contributed by atoms with Gasteiger partial charge in [0.05, 0.1) is 0 Å². The molecule has 1 rings (SSSR count). The van der Waals surface area contributed by atoms with E-state index in [0.29, 0.717) is 17.3 Å². The van der Waals surface area contributed by atoms with Gasteiger partial charge in [-0.15, -0.1) is 0 Å². The maximum absolute atomic E-state index is 8.90. The molecule has 0 aromatic rings. The van der Waals surface area contributed by atoms with Crippen molar-refractivity contribution in [2.24, 2.45) is 5.92 Å². The standard InChI is InChI=1S/C11H23NOS/c1-10(8-13)7-12-9-11(14-2)5-3-4-6-11/h10,12-13H,3-9H2,1-2H3. The second-order valence-corrected chi connectivity index (χ2v) is 5.79. The summed E-state index contributed by atoms with van der Waals surface area (Å²) in [6, 6.07) is 0. The van der Waals surface area contributed by atoms with E-state index < -0.39 is 0 Å². The normalized spacial score (nSPS) is 22.5. The first-order valence-corrected chi connectivity index (χ1v) is 6.81. The predicted molar refractivity (Wildman–Crippen MR) is 63.8 cm³/mol. The first-order chi connectivity index (χ1) is 6.72. The highest BCUT2D eigenvalue weighted by Crippen LogP contribution is 2.39. The molecule has 0 bridgehead atoms. The zero-order chi connectivity index (χ0) is 10.4. The van der Waals surface area contributed by atoms with Crippen LogP contribution in [-0.4, -0.2) is 35.8 Å². The molecule has 0 aromatic heterocycles. The van der Waals surface area contributed by atoms with Crippen LogP contribution in [0.2, 0.25) is 0 Å². The molecule has 84 valence electrons. The first kappa shape index (κ1) is 12.3. The first-order valence-electron chi connectivity index (χ1n) is 5.59. The van der Waals surface area contributed by atoms with Crippen LogP contribution in [0.15, 0.2) is 0 Å². The lowest BCUT2D eigenvalue weighted by atomic mass is 10.1. The maximum Gasteiger partial charge on any atom is 0.0468 e. The van der Waals surface area contributed by atoms with Crippen LogP contribution in [0, 0.1) is 5.92 Å². The van der Waals surface area contributed by atoms with Crippen molar-refractivity contribution in [2.45, 2.75) is 37.4 Å². The third kappa shape index (κ3) is 3.44. The van der Waals surface area contributed by atoms with E-state index in [0.717, 1.165) is 13.1 Å². The highest BCUT2D eigenvalue weighted by atomic mass is 32.2. The summed E-state index contributed by atoms with van der Waals surface area (Å²) in [7, 11) is 0. The number of aliphatic hydroxyl groups is 1. The van der Waals surface area contributed by atoms with E-state index in [1.165, 1.54) is 25.7 Å². The lowest BCUT2D eigenvalue weighted by molar-refractivity contribution is 0.233. The molecule has 2 N–H and O–H groups in total. The van der Waals surface area contributed by atoms with E-state index in [2.05, 4.69) is 18.5 Å². The maximum atomic E-state index is 8.90. The van der Waals surface area contributed by atoms with Crippen LogP contribution in [0.1, 0.15) is 32.6 Å². The number of rotatable bonds is 6. The van der Waals surface area contributed by atoms with E-state index in [4.69, 9.17) is 5.11 Å². The topological polar surface area (TPSA) is 32.3 Å². The SMILES string of the molecule is CSC1(CNCC(C)CO)CCCC1. The van der Waals surface area contributed by atoms with Crippen molar-refractivity contribution in [3.63, 3.8) is 0 Å². The van der Waals surface area contributed by atoms with Gasteiger partial charge in [0, 0.05) is 17.9 Å². The number of nitrogens with one attached hydrogen (secondary N) is 1. The summed E-state index contributed by atoms with van der Waals surface area (Å²) in [5.74, 6) is 0.385. The molecule has 1 aliphatic carbocycles. The lowest BCUT2D eigenvalue weighted by Crippen LogP contribution is -2.37. The quantitative estimate of drug-likeness (QED) is 0.712. The van der Waals surface area contributed by atoms with Crippen molar-refractivity contribution in [3.8, 4) is 0 Å². The fourth-order valence-corrected chi connectivity index (χ4v) is 3.03. The number of aliphatic hydroxyl groups excluding tert-OH is 1. The molecule has 0 spiro atoms. The molecule has 0 amide bonds. The van der Waals surface area contributed by atoms with Crippen molar-refractivity contribution in [3.05, 3.63) is 0 Å². The van der Waals surface area contributed by atoms with Gasteiger partial charge in [-0.2, -0.15) is 11.8 Å². The molecule has 3 heteroatoms. The van der Waals surface area contributed by atoms with Gasteiger partial charge in [0.25, 0.3) is 0 Å². The Morgan fingerprint density at radius 2 is 2.07 bits per heavy atom. The van der Waals surface area contributed by atoms with Crippen LogP contribution in [-0.2, 0) is 0 Å². The van der Waals surface area contributed by atoms with Gasteiger partial charge in [0.1, 0.15) is 0 Å². The third-order valence-electron chi connectivity index (χ3n) is 3.20. The van der Waals surface area contributed by atoms with Crippen molar-refractivity contribution in [1.29, 1.82) is 0 Å². The zero-order valence-corrected chi connectivity index (χ0v) is 10.2. The third-order valence-corrected chi connectivity index (χ3v) is 4.62. The minimum Gasteiger partial charge on any atom is -0.396 e. The van der Waals surface area contributed by atoms with Crippen molar-refractivity contribution in [2.75, 3.05) is 26.0 Å². The van der Waals surface area contributed by atoms with Gasteiger partial charge in [-0.1, -0.05) is 19.8 Å². The largest absolute Gasteiger partial charge is 0.396 e. The Bertz CT molecular complexity index is 157. The van der Waals surface area contributed by atoms with Crippen molar-refractivity contribution >= 4 is 11.8 Å². The zero-order valence-electron chi connectivity index (χ0n) is 9.38. The predicted octanol–water partition coefficient (Wildman–Crippen LogP) is 1.88. The molecular formula is C11H23NOS. The Morgan fingerprint density at radius 1 is 1.43 bits per heavy atom. The summed E-state index contributed by atoms with van der Waals surface area (Å²) in [5.41, 5.74) is 0. The molecule has 0 heterocycles. The Kier molecular flexibility index (Phi) is 5.28. The average molecular weight is 217 g/mol. The Morgan fingerprint density at radius 3 is 2.57 bits per heavy atom. The second kappa shape index (κ2) is 5.99. The monoisotopic (exact) mass is 217 g/mol. The fraction of sp³-hybridized carbons (Fsp3) is 1.00. The van der Waals surface area contributed by atoms with E-state index in [9.17, 15) is 0 Å². The minimum absolute atomic E-state index is 0.291.